The number of hydrogen-bond acceptors (Lipinski definition) is 3. The zero-order chi connectivity index (χ0) is 26.9. The molecule has 2 atom stereocenters. The first-order valence-electron chi connectivity index (χ1n) is 11.5. The molecule has 0 unspecified atom stereocenters. The van der Waals surface area contributed by atoms with Crippen molar-refractivity contribution in [2.75, 3.05) is 10.6 Å². The Bertz CT molecular complexity index is 1340. The first-order valence-corrected chi connectivity index (χ1v) is 11.5. The SMILES string of the molecule is Cc1ccc(NC(=O)Nc2cc(-c3cc(F)ccc3C(=O)O)cc3c2O[C@H](C)[C@@H]3CCC(F)(F)F)cc1. The second-order valence-corrected chi connectivity index (χ2v) is 8.97. The van der Waals surface area contributed by atoms with E-state index in [1.807, 2.05) is 6.92 Å². The summed E-state index contributed by atoms with van der Waals surface area (Å²) >= 11 is 0. The number of amides is 2. The molecule has 2 amide bonds. The van der Waals surface area contributed by atoms with Crippen LogP contribution in [0.4, 0.5) is 33.7 Å². The summed E-state index contributed by atoms with van der Waals surface area (Å²) < 4.78 is 59.0. The topological polar surface area (TPSA) is 87.7 Å². The van der Waals surface area contributed by atoms with Gasteiger partial charge in [-0.05, 0) is 73.9 Å². The van der Waals surface area contributed by atoms with Crippen LogP contribution in [-0.2, 0) is 0 Å². The highest BCUT2D eigenvalue weighted by molar-refractivity contribution is 6.02. The largest absolute Gasteiger partial charge is 0.488 e. The minimum absolute atomic E-state index is 0.0198. The van der Waals surface area contributed by atoms with Crippen LogP contribution < -0.4 is 15.4 Å². The number of benzene rings is 3. The van der Waals surface area contributed by atoms with Crippen molar-refractivity contribution in [1.82, 2.24) is 0 Å². The number of anilines is 2. The Morgan fingerprint density at radius 3 is 2.38 bits per heavy atom. The zero-order valence-electron chi connectivity index (χ0n) is 19.9. The van der Waals surface area contributed by atoms with E-state index in [4.69, 9.17) is 4.74 Å². The Balaban J connectivity index is 1.77. The molecule has 0 saturated heterocycles. The van der Waals surface area contributed by atoms with Crippen LogP contribution in [0.2, 0.25) is 0 Å². The maximum atomic E-state index is 14.1. The molecular weight excluding hydrogens is 492 g/mol. The van der Waals surface area contributed by atoms with Crippen LogP contribution in [0, 0.1) is 12.7 Å². The number of carboxylic acid groups (broad SMARTS) is 1. The lowest BCUT2D eigenvalue weighted by molar-refractivity contribution is -0.136. The zero-order valence-corrected chi connectivity index (χ0v) is 19.9. The number of halogens is 4. The molecule has 37 heavy (non-hydrogen) atoms. The highest BCUT2D eigenvalue weighted by Crippen LogP contribution is 2.48. The molecule has 194 valence electrons. The van der Waals surface area contributed by atoms with Crippen molar-refractivity contribution in [3.05, 3.63) is 77.1 Å². The smallest absolute Gasteiger partial charge is 0.389 e. The molecule has 4 rings (SSSR count). The van der Waals surface area contributed by atoms with Gasteiger partial charge in [0.05, 0.1) is 11.3 Å². The van der Waals surface area contributed by atoms with Gasteiger partial charge in [0.2, 0.25) is 0 Å². The molecule has 1 heterocycles. The van der Waals surface area contributed by atoms with E-state index < -0.39 is 42.4 Å². The Morgan fingerprint density at radius 1 is 1.03 bits per heavy atom. The van der Waals surface area contributed by atoms with Crippen LogP contribution in [0.1, 0.15) is 47.2 Å². The number of nitrogens with one attached hydrogen (secondary N) is 2. The number of aryl methyl sites for hydroxylation is 1. The molecule has 3 aromatic rings. The van der Waals surface area contributed by atoms with Gasteiger partial charge in [-0.15, -0.1) is 0 Å². The van der Waals surface area contributed by atoms with Gasteiger partial charge in [-0.3, -0.25) is 0 Å². The van der Waals surface area contributed by atoms with E-state index >= 15 is 0 Å². The average molecular weight is 516 g/mol. The number of ether oxygens (including phenoxy) is 1. The third-order valence-electron chi connectivity index (χ3n) is 6.21. The van der Waals surface area contributed by atoms with Crippen LogP contribution in [0.3, 0.4) is 0 Å². The number of fused-ring (bicyclic) bond motifs is 1. The number of urea groups is 1. The van der Waals surface area contributed by atoms with E-state index in [1.165, 1.54) is 12.1 Å². The van der Waals surface area contributed by atoms with Gasteiger partial charge >= 0.3 is 18.2 Å². The predicted molar refractivity (Wildman–Crippen MR) is 131 cm³/mol. The summed E-state index contributed by atoms with van der Waals surface area (Å²) in [7, 11) is 0. The lowest BCUT2D eigenvalue weighted by atomic mass is 9.88. The number of carbonyl (C=O) groups excluding carboxylic acids is 1. The number of alkyl halides is 3. The predicted octanol–water partition coefficient (Wildman–Crippen LogP) is 7.35. The second kappa shape index (κ2) is 10.1. The first kappa shape index (κ1) is 26.0. The Morgan fingerprint density at radius 2 is 1.73 bits per heavy atom. The normalized spacial score (nSPS) is 16.6. The number of aromatic carboxylic acids is 1. The van der Waals surface area contributed by atoms with E-state index in [9.17, 15) is 32.3 Å². The summed E-state index contributed by atoms with van der Waals surface area (Å²) in [6, 6.07) is 12.5. The molecule has 10 heteroatoms. The second-order valence-electron chi connectivity index (χ2n) is 8.97. The standard InChI is InChI=1S/C27H24F4N2O4/c1-14-3-6-18(7-4-14)32-26(36)33-23-12-16(21-13-17(28)5-8-20(21)25(34)35)11-22-19(9-10-27(29,30)31)15(2)37-24(22)23/h3-8,11-13,15,19H,9-10H2,1-2H3,(H,34,35)(H2,32,33,36)/t15-,19+/m1/s1. The van der Waals surface area contributed by atoms with E-state index in [0.29, 0.717) is 11.3 Å². The Labute approximate surface area is 210 Å². The van der Waals surface area contributed by atoms with Crippen molar-refractivity contribution in [2.24, 2.45) is 0 Å². The maximum Gasteiger partial charge on any atom is 0.389 e. The van der Waals surface area contributed by atoms with E-state index in [-0.39, 0.29) is 34.5 Å². The van der Waals surface area contributed by atoms with Crippen LogP contribution in [-0.4, -0.2) is 29.4 Å². The van der Waals surface area contributed by atoms with E-state index in [1.54, 1.807) is 31.2 Å². The molecule has 0 fully saturated rings. The first-order chi connectivity index (χ1) is 17.4. The van der Waals surface area contributed by atoms with Gasteiger partial charge in [-0.2, -0.15) is 13.2 Å². The number of rotatable bonds is 6. The molecule has 0 radical (unpaired) electrons. The highest BCUT2D eigenvalue weighted by atomic mass is 19.4. The Kier molecular flexibility index (Phi) is 7.11. The van der Waals surface area contributed by atoms with Gasteiger partial charge in [0, 0.05) is 23.6 Å². The fourth-order valence-electron chi connectivity index (χ4n) is 4.40. The van der Waals surface area contributed by atoms with E-state index in [2.05, 4.69) is 10.6 Å². The van der Waals surface area contributed by atoms with Gasteiger partial charge in [0.25, 0.3) is 0 Å². The molecule has 0 aliphatic carbocycles. The summed E-state index contributed by atoms with van der Waals surface area (Å²) in [4.78, 5) is 24.6. The third-order valence-corrected chi connectivity index (χ3v) is 6.21. The molecule has 0 aromatic heterocycles. The summed E-state index contributed by atoms with van der Waals surface area (Å²) in [5.41, 5.74) is 2.04. The van der Waals surface area contributed by atoms with Crippen LogP contribution >= 0.6 is 0 Å². The Hall–Kier alpha value is -4.08. The molecule has 1 aliphatic heterocycles. The van der Waals surface area contributed by atoms with Crippen molar-refractivity contribution in [2.45, 2.75) is 44.9 Å². The monoisotopic (exact) mass is 516 g/mol. The lowest BCUT2D eigenvalue weighted by Crippen LogP contribution is -2.20. The molecule has 0 saturated carbocycles. The minimum Gasteiger partial charge on any atom is -0.488 e. The van der Waals surface area contributed by atoms with E-state index in [0.717, 1.165) is 23.8 Å². The van der Waals surface area contributed by atoms with Crippen LogP contribution in [0.5, 0.6) is 5.75 Å². The third kappa shape index (κ3) is 6.02. The number of carbonyl (C=O) groups is 2. The fourth-order valence-corrected chi connectivity index (χ4v) is 4.40. The summed E-state index contributed by atoms with van der Waals surface area (Å²) in [5, 5.41) is 14.9. The maximum absolute atomic E-state index is 14.1. The van der Waals surface area contributed by atoms with Crippen molar-refractivity contribution in [1.29, 1.82) is 0 Å². The highest BCUT2D eigenvalue weighted by Gasteiger charge is 2.37. The molecule has 6 nitrogen and oxygen atoms in total. The van der Waals surface area contributed by atoms with Crippen LogP contribution in [0.15, 0.2) is 54.6 Å². The van der Waals surface area contributed by atoms with Gasteiger partial charge in [0.1, 0.15) is 17.7 Å². The van der Waals surface area contributed by atoms with Gasteiger partial charge in [-0.1, -0.05) is 17.7 Å². The molecule has 3 aromatic carbocycles. The molecule has 3 N–H and O–H groups in total. The molecule has 0 bridgehead atoms. The fraction of sp³-hybridized carbons (Fsp3) is 0.259. The van der Waals surface area contributed by atoms with Crippen LogP contribution in [0.25, 0.3) is 11.1 Å². The minimum atomic E-state index is -4.38. The van der Waals surface area contributed by atoms with Crippen molar-refractivity contribution < 1.29 is 37.0 Å². The van der Waals surface area contributed by atoms with Crippen molar-refractivity contribution in [3.8, 4) is 16.9 Å². The quantitative estimate of drug-likeness (QED) is 0.299. The summed E-state index contributed by atoms with van der Waals surface area (Å²) in [6.45, 7) is 3.52. The van der Waals surface area contributed by atoms with Crippen molar-refractivity contribution in [3.63, 3.8) is 0 Å². The molecular formula is C27H24F4N2O4. The molecule has 0 spiro atoms. The lowest BCUT2D eigenvalue weighted by Gasteiger charge is -2.17. The van der Waals surface area contributed by atoms with Gasteiger partial charge in [-0.25, -0.2) is 14.0 Å². The van der Waals surface area contributed by atoms with Gasteiger partial charge < -0.3 is 20.5 Å². The average Bonchev–Trinajstić information content (AvgIpc) is 3.13. The number of carboxylic acids is 1. The molecule has 1 aliphatic rings. The van der Waals surface area contributed by atoms with Gasteiger partial charge in [0.15, 0.2) is 0 Å². The summed E-state index contributed by atoms with van der Waals surface area (Å²) in [5.74, 6) is -2.49. The number of hydrogen-bond donors (Lipinski definition) is 3. The van der Waals surface area contributed by atoms with Crippen molar-refractivity contribution >= 4 is 23.4 Å². The summed E-state index contributed by atoms with van der Waals surface area (Å²) in [6.07, 6.45) is -6.34.